The van der Waals surface area contributed by atoms with Gasteiger partial charge in [-0.2, -0.15) is 11.3 Å². The van der Waals surface area contributed by atoms with E-state index >= 15 is 0 Å². The molecule has 9 rings (SSSR count). The van der Waals surface area contributed by atoms with E-state index in [1.54, 1.807) is 36.0 Å². The Morgan fingerprint density at radius 3 is 1.16 bits per heavy atom. The minimum atomic E-state index is -1.93. The fourth-order valence-electron chi connectivity index (χ4n) is 7.48. The maximum Gasteiger partial charge on any atom is 0.338 e. The number of nitrogens with zero attached hydrogens (tertiary/aromatic N) is 1. The molecular weight excluding hydrogens is 1840 g/mol. The average molecular weight is 1950 g/mol. The molecule has 116 heavy (non-hydrogen) atoms. The van der Waals surface area contributed by atoms with Crippen molar-refractivity contribution in [3.63, 3.8) is 0 Å². The summed E-state index contributed by atoms with van der Waals surface area (Å²) in [5.74, 6) is -2.09. The zero-order chi connectivity index (χ0) is 89.5. The van der Waals surface area contributed by atoms with Gasteiger partial charge in [0.2, 0.25) is 74.9 Å². The van der Waals surface area contributed by atoms with E-state index < -0.39 is 104 Å². The van der Waals surface area contributed by atoms with Gasteiger partial charge in [-0.3, -0.25) is 14.9 Å². The molecule has 0 N–H and O–H groups in total. The summed E-state index contributed by atoms with van der Waals surface area (Å²) in [4.78, 5) is 117. The van der Waals surface area contributed by atoms with Crippen LogP contribution in [0.5, 0.6) is 0 Å². The molecule has 1 fully saturated rings. The van der Waals surface area contributed by atoms with Gasteiger partial charge in [0.25, 0.3) is 0 Å². The fraction of sp³-hybridized carbons (Fsp3) is 0.446. The Morgan fingerprint density at radius 2 is 0.819 bits per heavy atom. The Morgan fingerprint density at radius 1 is 0.414 bits per heavy atom. The maximum atomic E-state index is 12.9. The number of hydrogen-bond donors (Lipinski definition) is 0. The fourth-order valence-corrected chi connectivity index (χ4v) is 20.9. The first-order valence-corrected chi connectivity index (χ1v) is 75.1. The van der Waals surface area contributed by atoms with Crippen LogP contribution in [0.1, 0.15) is 101 Å². The number of carbonyl (C=O) groups excluding carboxylic acids is 9. The molecular formula is C74H112ClF2NO20S9Si9. The minimum Gasteiger partial charge on any atom is -0.519 e. The summed E-state index contributed by atoms with van der Waals surface area (Å²) < 4.78 is 73.6. The molecule has 1 unspecified atom stereocenters. The van der Waals surface area contributed by atoms with Gasteiger partial charge < -0.3 is 39.8 Å². The van der Waals surface area contributed by atoms with E-state index in [9.17, 15) is 62.0 Å². The number of carbonyl (C=O) groups is 9. The molecule has 0 spiro atoms. The molecule has 1 atom stereocenters. The number of thiophene rings is 8. The monoisotopic (exact) mass is 1950 g/mol. The number of aryl methyl sites for hydroxylation is 2. The number of halogens is 3. The summed E-state index contributed by atoms with van der Waals surface area (Å²) in [7, 11) is -16.1. The topological polar surface area (TPSA) is 280 Å². The van der Waals surface area contributed by atoms with Gasteiger partial charge in [-0.25, -0.2) is 47.1 Å². The van der Waals surface area contributed by atoms with Crippen LogP contribution in [0, 0.1) is 35.6 Å². The Hall–Kier alpha value is -5.32. The van der Waals surface area contributed by atoms with Crippen molar-refractivity contribution in [1.29, 1.82) is 0 Å². The predicted molar refractivity (Wildman–Crippen MR) is 501 cm³/mol. The smallest absolute Gasteiger partial charge is 0.338 e. The van der Waals surface area contributed by atoms with E-state index in [4.69, 9.17) is 51.4 Å². The summed E-state index contributed by atoms with van der Waals surface area (Å²) in [6.07, 6.45) is 2.17. The second-order valence-electron chi connectivity index (χ2n) is 33.6. The van der Waals surface area contributed by atoms with E-state index in [0.717, 1.165) is 67.9 Å². The summed E-state index contributed by atoms with van der Waals surface area (Å²) >= 11 is 17.5. The zero-order valence-corrected chi connectivity index (χ0v) is 88.6. The van der Waals surface area contributed by atoms with Crippen LogP contribution in [0.4, 0.5) is 13.8 Å². The van der Waals surface area contributed by atoms with Gasteiger partial charge in [0.1, 0.15) is 51.0 Å². The molecule has 0 aliphatic carbocycles. The van der Waals surface area contributed by atoms with E-state index in [1.165, 1.54) is 91.7 Å². The first-order chi connectivity index (χ1) is 52.7. The van der Waals surface area contributed by atoms with Gasteiger partial charge in [-0.15, -0.1) is 79.8 Å². The van der Waals surface area contributed by atoms with Crippen molar-refractivity contribution < 1.29 is 96.7 Å². The van der Waals surface area contributed by atoms with E-state index in [2.05, 4.69) is 0 Å². The lowest BCUT2D eigenvalue weighted by Gasteiger charge is -2.19. The highest BCUT2D eigenvalue weighted by atomic mass is 35.5. The molecule has 0 amide bonds. The first-order valence-electron chi connectivity index (χ1n) is 36.1. The Labute approximate surface area is 733 Å². The number of rotatable bonds is 19. The molecule has 9 heterocycles. The Kier molecular flexibility index (Phi) is 45.9. The van der Waals surface area contributed by atoms with Gasteiger partial charge in [-0.05, 0) is 297 Å². The van der Waals surface area contributed by atoms with Crippen LogP contribution in [0.15, 0.2) is 105 Å². The van der Waals surface area contributed by atoms with Crippen molar-refractivity contribution >= 4 is 248 Å². The molecule has 0 aromatic carbocycles. The van der Waals surface area contributed by atoms with Crippen molar-refractivity contribution in [2.75, 3.05) is 5.75 Å². The highest BCUT2D eigenvalue weighted by Crippen LogP contribution is 2.30. The van der Waals surface area contributed by atoms with E-state index in [0.29, 0.717) is 29.4 Å². The van der Waals surface area contributed by atoms with Gasteiger partial charge in [0.05, 0.1) is 14.8 Å². The van der Waals surface area contributed by atoms with Crippen molar-refractivity contribution in [3.05, 3.63) is 181 Å². The van der Waals surface area contributed by atoms with Crippen LogP contribution >= 0.6 is 114 Å². The van der Waals surface area contributed by atoms with Crippen molar-refractivity contribution in [3.8, 4) is 0 Å². The molecule has 8 aromatic heterocycles. The summed E-state index contributed by atoms with van der Waals surface area (Å²) in [6.45, 7) is 57.0. The second-order valence-corrected chi connectivity index (χ2v) is 83.3. The number of nitro groups is 1. The van der Waals surface area contributed by atoms with E-state index in [1.807, 2.05) is 236 Å². The molecule has 1 saturated heterocycles. The van der Waals surface area contributed by atoms with Gasteiger partial charge in [0, 0.05) is 21.7 Å². The first kappa shape index (κ1) is 109. The van der Waals surface area contributed by atoms with Crippen LogP contribution in [-0.4, -0.2) is 145 Å². The molecule has 0 bridgehead atoms. The van der Waals surface area contributed by atoms with Gasteiger partial charge in [-0.1, -0.05) is 29.0 Å². The largest absolute Gasteiger partial charge is 0.519 e. The standard InChI is InChI=1S/2C9H14O2SSi.C8H11ClO2SSi.2C8H11FO2SSi.C8H11NO4SSi.C8H12O2SSi.C8H16O2SSi.C8H12O2SSi/c1-7-5-6-12-8(7)9(10)11-13(2,3)4;1-7-5-6-8(12-7)9(10)11-13(2,3)4;1-13(2,3)11-8(10)6-4-5-7(9)12-6;1-13(2,3)11-8(10)7-4-6(9)5-12-7;1-13(2,3)11-8(10)7-6(9)4-5-12-7;1-15(2,3)13-8(10)6-4-5-7(14-6)9(11)12;1-12(2,3)10-8(9)7-4-5-11-6-7;2*1-12(2,3)10-8(9)7-5-4-6-11-7/h2*5-6H,1-4H3;3*4-5H,1-3H3;4-5H,1-3H3;4-6H,1-3H3;7H,4-6H2,1-3H3;4-6H,1-3H3. The minimum absolute atomic E-state index is 0.0247. The molecule has 1 aliphatic rings. The summed E-state index contributed by atoms with van der Waals surface area (Å²) in [5.41, 5.74) is 1.68. The van der Waals surface area contributed by atoms with Crippen LogP contribution in [0.3, 0.4) is 0 Å². The van der Waals surface area contributed by atoms with Crippen LogP contribution in [0.2, 0.25) is 181 Å². The Bertz CT molecular complexity index is 4140. The maximum absolute atomic E-state index is 12.9. The summed E-state index contributed by atoms with van der Waals surface area (Å²) in [6, 6.07) is 19.7. The summed E-state index contributed by atoms with van der Waals surface area (Å²) in [5, 5.41) is 20.8. The lowest BCUT2D eigenvalue weighted by Crippen LogP contribution is -2.33. The SMILES string of the molecule is C[Si](C)(C)OC(=O)C1CCCS1.C[Si](C)(C)OC(=O)c1cc(F)cs1.C[Si](C)(C)OC(=O)c1ccc(Cl)s1.C[Si](C)(C)OC(=O)c1ccc([N+](=O)[O-])s1.C[Si](C)(C)OC(=O)c1cccs1.C[Si](C)(C)OC(=O)c1ccsc1.C[Si](C)(C)OC(=O)c1sccc1F.Cc1ccc(C(=O)O[Si](C)(C)C)s1.Cc1ccsc1C(=O)O[Si](C)(C)C. The van der Waals surface area contributed by atoms with Crippen LogP contribution in [0.25, 0.3) is 0 Å². The molecule has 42 heteroatoms. The lowest BCUT2D eigenvalue weighted by molar-refractivity contribution is -0.380. The zero-order valence-electron chi connectivity index (χ0n) is 71.5. The third kappa shape index (κ3) is 51.3. The predicted octanol–water partition coefficient (Wildman–Crippen LogP) is 25.6. The molecule has 21 nitrogen and oxygen atoms in total. The normalized spacial score (nSPS) is 12.6. The average Bonchev–Trinajstić information content (AvgIpc) is 1.72. The molecule has 8 aromatic rings. The van der Waals surface area contributed by atoms with Crippen LogP contribution < -0.4 is 0 Å². The third-order valence-electron chi connectivity index (χ3n) is 11.6. The van der Waals surface area contributed by atoms with Crippen LogP contribution in [-0.2, 0) is 44.6 Å². The van der Waals surface area contributed by atoms with Gasteiger partial charge in [0.15, 0.2) is 0 Å². The highest BCUT2D eigenvalue weighted by Gasteiger charge is 2.32. The van der Waals surface area contributed by atoms with Gasteiger partial charge >= 0.3 is 58.7 Å². The number of hydrogen-bond acceptors (Lipinski definition) is 29. The van der Waals surface area contributed by atoms with Crippen molar-refractivity contribution in [1.82, 2.24) is 0 Å². The molecule has 1 aliphatic heterocycles. The highest BCUT2D eigenvalue weighted by molar-refractivity contribution is 8.00. The van der Waals surface area contributed by atoms with Crippen molar-refractivity contribution in [2.45, 2.75) is 209 Å². The van der Waals surface area contributed by atoms with Crippen molar-refractivity contribution in [2.24, 2.45) is 0 Å². The molecule has 0 radical (unpaired) electrons. The number of thioether (sulfide) groups is 1. The third-order valence-corrected chi connectivity index (χ3v) is 27.6. The second kappa shape index (κ2) is 49.0. The van der Waals surface area contributed by atoms with E-state index in [-0.39, 0.29) is 61.6 Å². The lowest BCUT2D eigenvalue weighted by atomic mass is 10.3. The molecule has 0 saturated carbocycles. The quantitative estimate of drug-likeness (QED) is 0.0413. The Balaban J connectivity index is 0.000000653. The molecule has 644 valence electrons.